The summed E-state index contributed by atoms with van der Waals surface area (Å²) in [6, 6.07) is 8.47. The Morgan fingerprint density at radius 1 is 1.11 bits per heavy atom. The average molecular weight is 400 g/mol. The fourth-order valence-corrected chi connectivity index (χ4v) is 2.58. The lowest BCUT2D eigenvalue weighted by molar-refractivity contribution is -0.162. The number of rotatable bonds is 6. The summed E-state index contributed by atoms with van der Waals surface area (Å²) in [5.74, 6) is -0.325. The number of likely N-dealkylation sites (tertiary alicyclic amines) is 1. The molecular weight excluding hydrogens is 381 g/mol. The van der Waals surface area contributed by atoms with Crippen LogP contribution in [0.15, 0.2) is 24.3 Å². The number of hydrogen-bond acceptors (Lipinski definition) is 6. The highest BCUT2D eigenvalue weighted by atomic mass is 19.4. The Morgan fingerprint density at radius 2 is 1.75 bits per heavy atom. The van der Waals surface area contributed by atoms with Gasteiger partial charge in [0, 0.05) is 13.1 Å². The SMILES string of the molecule is N#Cc1ccc(OCCOC(=O)C2CCN(C(=O)OCC(F)(F)F)CC2)cc1. The molecule has 1 aliphatic rings. The Bertz CT molecular complexity index is 707. The second-order valence-corrected chi connectivity index (χ2v) is 6.08. The third-order valence-electron chi connectivity index (χ3n) is 4.03. The normalized spacial score (nSPS) is 14.9. The first-order valence-corrected chi connectivity index (χ1v) is 8.56. The first-order chi connectivity index (χ1) is 13.3. The zero-order chi connectivity index (χ0) is 20.6. The Balaban J connectivity index is 1.63. The Morgan fingerprint density at radius 3 is 2.32 bits per heavy atom. The summed E-state index contributed by atoms with van der Waals surface area (Å²) in [5, 5.41) is 8.71. The van der Waals surface area contributed by atoms with E-state index in [4.69, 9.17) is 14.7 Å². The number of piperidine rings is 1. The lowest BCUT2D eigenvalue weighted by Crippen LogP contribution is -2.42. The topological polar surface area (TPSA) is 88.9 Å². The van der Waals surface area contributed by atoms with Gasteiger partial charge in [0.25, 0.3) is 0 Å². The first-order valence-electron chi connectivity index (χ1n) is 8.56. The number of nitriles is 1. The second kappa shape index (κ2) is 9.82. The molecule has 1 heterocycles. The molecule has 0 radical (unpaired) electrons. The third-order valence-corrected chi connectivity index (χ3v) is 4.03. The molecule has 1 aliphatic heterocycles. The van der Waals surface area contributed by atoms with Crippen molar-refractivity contribution in [1.29, 1.82) is 5.26 Å². The van der Waals surface area contributed by atoms with Crippen LogP contribution in [0.25, 0.3) is 0 Å². The van der Waals surface area contributed by atoms with E-state index in [1.165, 1.54) is 0 Å². The molecule has 0 unspecified atom stereocenters. The van der Waals surface area contributed by atoms with E-state index in [0.717, 1.165) is 4.90 Å². The highest BCUT2D eigenvalue weighted by molar-refractivity contribution is 5.73. The lowest BCUT2D eigenvalue weighted by atomic mass is 9.97. The molecule has 1 amide bonds. The summed E-state index contributed by atoms with van der Waals surface area (Å²) in [4.78, 5) is 24.7. The zero-order valence-electron chi connectivity index (χ0n) is 14.9. The van der Waals surface area contributed by atoms with Crippen LogP contribution in [-0.4, -0.2) is 56.0 Å². The monoisotopic (exact) mass is 400 g/mol. The van der Waals surface area contributed by atoms with Crippen molar-refractivity contribution in [3.63, 3.8) is 0 Å². The molecule has 0 bridgehead atoms. The molecule has 0 N–H and O–H groups in total. The van der Waals surface area contributed by atoms with E-state index in [1.54, 1.807) is 24.3 Å². The van der Waals surface area contributed by atoms with Crippen molar-refractivity contribution in [1.82, 2.24) is 4.90 Å². The summed E-state index contributed by atoms with van der Waals surface area (Å²) in [7, 11) is 0. The number of halogens is 3. The van der Waals surface area contributed by atoms with Crippen LogP contribution in [-0.2, 0) is 14.3 Å². The minimum Gasteiger partial charge on any atom is -0.490 e. The standard InChI is InChI=1S/C18H19F3N2O5/c19-18(20,21)12-28-17(25)23-7-5-14(6-8-23)16(24)27-10-9-26-15-3-1-13(11-22)2-4-15/h1-4,14H,5-10,12H2. The van der Waals surface area contributed by atoms with Crippen molar-refractivity contribution in [2.75, 3.05) is 32.9 Å². The lowest BCUT2D eigenvalue weighted by Gasteiger charge is -2.30. The van der Waals surface area contributed by atoms with Gasteiger partial charge < -0.3 is 19.1 Å². The molecule has 0 atom stereocenters. The second-order valence-electron chi connectivity index (χ2n) is 6.08. The fourth-order valence-electron chi connectivity index (χ4n) is 2.58. The summed E-state index contributed by atoms with van der Waals surface area (Å²) < 4.78 is 50.9. The number of carbonyl (C=O) groups is 2. The maximum absolute atomic E-state index is 12.1. The van der Waals surface area contributed by atoms with Crippen molar-refractivity contribution in [3.8, 4) is 11.8 Å². The minimum absolute atomic E-state index is 0.0344. The maximum Gasteiger partial charge on any atom is 0.422 e. The average Bonchev–Trinajstić information content (AvgIpc) is 2.69. The molecule has 1 fully saturated rings. The van der Waals surface area contributed by atoms with E-state index in [9.17, 15) is 22.8 Å². The number of amides is 1. The third kappa shape index (κ3) is 6.98. The van der Waals surface area contributed by atoms with Crippen molar-refractivity contribution >= 4 is 12.1 Å². The van der Waals surface area contributed by atoms with E-state index in [0.29, 0.717) is 11.3 Å². The van der Waals surface area contributed by atoms with Crippen molar-refractivity contribution < 1.29 is 37.0 Å². The Kier molecular flexibility index (Phi) is 7.49. The van der Waals surface area contributed by atoms with Gasteiger partial charge in [0.2, 0.25) is 0 Å². The Labute approximate surface area is 159 Å². The van der Waals surface area contributed by atoms with E-state index in [2.05, 4.69) is 4.74 Å². The van der Waals surface area contributed by atoms with Crippen molar-refractivity contribution in [3.05, 3.63) is 29.8 Å². The molecule has 28 heavy (non-hydrogen) atoms. The number of esters is 1. The number of carbonyl (C=O) groups excluding carboxylic acids is 2. The van der Waals surface area contributed by atoms with Gasteiger partial charge in [0.15, 0.2) is 6.61 Å². The van der Waals surface area contributed by atoms with E-state index >= 15 is 0 Å². The van der Waals surface area contributed by atoms with Gasteiger partial charge in [-0.05, 0) is 37.1 Å². The van der Waals surface area contributed by atoms with Crippen LogP contribution >= 0.6 is 0 Å². The molecule has 0 aliphatic carbocycles. The minimum atomic E-state index is -4.57. The fraction of sp³-hybridized carbons (Fsp3) is 0.500. The van der Waals surface area contributed by atoms with Crippen molar-refractivity contribution in [2.24, 2.45) is 5.92 Å². The maximum atomic E-state index is 12.1. The quantitative estimate of drug-likeness (QED) is 0.539. The number of ether oxygens (including phenoxy) is 3. The molecule has 152 valence electrons. The first kappa shape index (κ1) is 21.3. The molecule has 0 saturated carbocycles. The molecule has 1 saturated heterocycles. The molecule has 1 aromatic rings. The summed E-state index contributed by atoms with van der Waals surface area (Å²) in [5.41, 5.74) is 0.507. The smallest absolute Gasteiger partial charge is 0.422 e. The van der Waals surface area contributed by atoms with Crippen molar-refractivity contribution in [2.45, 2.75) is 19.0 Å². The molecular formula is C18H19F3N2O5. The molecule has 10 heteroatoms. The van der Waals surface area contributed by atoms with E-state index in [1.807, 2.05) is 6.07 Å². The van der Waals surface area contributed by atoms with Crippen LogP contribution < -0.4 is 4.74 Å². The predicted octanol–water partition coefficient (Wildman–Crippen LogP) is 2.89. The summed E-state index contributed by atoms with van der Waals surface area (Å²) in [6.45, 7) is -1.21. The van der Waals surface area contributed by atoms with Gasteiger partial charge in [-0.25, -0.2) is 4.79 Å². The van der Waals surface area contributed by atoms with Crippen LogP contribution in [0.5, 0.6) is 5.75 Å². The number of nitrogens with zero attached hydrogens (tertiary/aromatic N) is 2. The van der Waals surface area contributed by atoms with Crippen LogP contribution in [0.1, 0.15) is 18.4 Å². The largest absolute Gasteiger partial charge is 0.490 e. The van der Waals surface area contributed by atoms with Crippen LogP contribution in [0.3, 0.4) is 0 Å². The molecule has 1 aromatic carbocycles. The van der Waals surface area contributed by atoms with Gasteiger partial charge in [0.05, 0.1) is 17.6 Å². The van der Waals surface area contributed by atoms with Gasteiger partial charge in [-0.15, -0.1) is 0 Å². The number of benzene rings is 1. The highest BCUT2D eigenvalue weighted by Crippen LogP contribution is 2.21. The number of hydrogen-bond donors (Lipinski definition) is 0. The summed E-state index contributed by atoms with van der Waals surface area (Å²) in [6.07, 6.45) is -5.04. The summed E-state index contributed by atoms with van der Waals surface area (Å²) >= 11 is 0. The van der Waals surface area contributed by atoms with Crippen LogP contribution in [0.4, 0.5) is 18.0 Å². The predicted molar refractivity (Wildman–Crippen MR) is 89.3 cm³/mol. The number of alkyl halides is 3. The highest BCUT2D eigenvalue weighted by Gasteiger charge is 2.33. The molecule has 0 aromatic heterocycles. The molecule has 7 nitrogen and oxygen atoms in total. The molecule has 0 spiro atoms. The van der Waals surface area contributed by atoms with Gasteiger partial charge in [-0.1, -0.05) is 0 Å². The zero-order valence-corrected chi connectivity index (χ0v) is 14.9. The van der Waals surface area contributed by atoms with Gasteiger partial charge in [-0.3, -0.25) is 4.79 Å². The Hall–Kier alpha value is -2.96. The van der Waals surface area contributed by atoms with Crippen LogP contribution in [0, 0.1) is 17.2 Å². The molecule has 2 rings (SSSR count). The van der Waals surface area contributed by atoms with Gasteiger partial charge in [0.1, 0.15) is 19.0 Å². The van der Waals surface area contributed by atoms with E-state index in [-0.39, 0.29) is 39.1 Å². The van der Waals surface area contributed by atoms with Gasteiger partial charge in [-0.2, -0.15) is 18.4 Å². The van der Waals surface area contributed by atoms with Gasteiger partial charge >= 0.3 is 18.2 Å². The van der Waals surface area contributed by atoms with E-state index < -0.39 is 30.8 Å². The van der Waals surface area contributed by atoms with Crippen LogP contribution in [0.2, 0.25) is 0 Å².